The Morgan fingerprint density at radius 3 is 2.62 bits per heavy atom. The van der Waals surface area contributed by atoms with Gasteiger partial charge in [-0.05, 0) is 18.1 Å². The van der Waals surface area contributed by atoms with E-state index >= 15 is 0 Å². The maximum absolute atomic E-state index is 3.93. The van der Waals surface area contributed by atoms with Gasteiger partial charge in [0.15, 0.2) is 0 Å². The predicted octanol–water partition coefficient (Wildman–Crippen LogP) is 2.87. The molecule has 1 aliphatic rings. The van der Waals surface area contributed by atoms with Crippen LogP contribution in [0.2, 0.25) is 0 Å². The van der Waals surface area contributed by atoms with Gasteiger partial charge in [0, 0.05) is 17.8 Å². The normalized spacial score (nSPS) is 12.5. The Morgan fingerprint density at radius 1 is 1.31 bits per heavy atom. The standard InChI is InChI=1S/C10H11N.C2H4/c1-7-4-3-5-9-8(2)11-6-10(7)9;1-2/h3-5,11H,2,6H2,1H3;1-2H2. The molecule has 0 saturated carbocycles. The highest BCUT2D eigenvalue weighted by atomic mass is 14.9. The van der Waals surface area contributed by atoms with Crippen molar-refractivity contribution in [2.45, 2.75) is 13.5 Å². The fourth-order valence-electron chi connectivity index (χ4n) is 1.51. The van der Waals surface area contributed by atoms with E-state index in [1.165, 1.54) is 16.7 Å². The summed E-state index contributed by atoms with van der Waals surface area (Å²) in [6, 6.07) is 6.33. The summed E-state index contributed by atoms with van der Waals surface area (Å²) in [6.45, 7) is 13.0. The zero-order valence-electron chi connectivity index (χ0n) is 8.06. The zero-order valence-corrected chi connectivity index (χ0v) is 8.06. The number of aryl methyl sites for hydroxylation is 1. The molecule has 0 aromatic heterocycles. The minimum absolute atomic E-state index is 0.945. The lowest BCUT2D eigenvalue weighted by molar-refractivity contribution is 0.938. The summed E-state index contributed by atoms with van der Waals surface area (Å²) in [7, 11) is 0. The van der Waals surface area contributed by atoms with Gasteiger partial charge < -0.3 is 5.32 Å². The van der Waals surface area contributed by atoms with Gasteiger partial charge in [-0.15, -0.1) is 13.2 Å². The van der Waals surface area contributed by atoms with E-state index in [1.807, 2.05) is 0 Å². The molecule has 0 saturated heterocycles. The summed E-state index contributed by atoms with van der Waals surface area (Å²) in [5.74, 6) is 0. The Labute approximate surface area is 79.8 Å². The average Bonchev–Trinajstić information content (AvgIpc) is 2.53. The molecule has 1 nitrogen and oxygen atoms in total. The SMILES string of the molecule is C=C.C=C1NCc2c(C)cccc21. The molecule has 0 amide bonds. The molecule has 0 radical (unpaired) electrons. The highest BCUT2D eigenvalue weighted by Crippen LogP contribution is 2.24. The Hall–Kier alpha value is -1.50. The first-order chi connectivity index (χ1) is 6.29. The smallest absolute Gasteiger partial charge is 0.0410 e. The number of hydrogen-bond donors (Lipinski definition) is 1. The van der Waals surface area contributed by atoms with Crippen LogP contribution in [0.1, 0.15) is 16.7 Å². The van der Waals surface area contributed by atoms with Crippen LogP contribution in [-0.2, 0) is 6.54 Å². The molecule has 1 heterocycles. The highest BCUT2D eigenvalue weighted by molar-refractivity contribution is 5.69. The molecule has 1 N–H and O–H groups in total. The highest BCUT2D eigenvalue weighted by Gasteiger charge is 2.13. The van der Waals surface area contributed by atoms with Gasteiger partial charge in [0.2, 0.25) is 0 Å². The van der Waals surface area contributed by atoms with Crippen molar-refractivity contribution in [2.75, 3.05) is 0 Å². The fourth-order valence-corrected chi connectivity index (χ4v) is 1.51. The van der Waals surface area contributed by atoms with E-state index in [0.717, 1.165) is 12.2 Å². The first-order valence-electron chi connectivity index (χ1n) is 4.30. The lowest BCUT2D eigenvalue weighted by atomic mass is 10.0. The summed E-state index contributed by atoms with van der Waals surface area (Å²) in [4.78, 5) is 0. The third-order valence-electron chi connectivity index (χ3n) is 2.21. The molecule has 0 atom stereocenters. The Balaban J connectivity index is 0.000000396. The molecule has 1 aromatic carbocycles. The molecule has 0 aliphatic carbocycles. The van der Waals surface area contributed by atoms with Gasteiger partial charge in [-0.1, -0.05) is 24.8 Å². The molecule has 1 heteroatoms. The molecule has 0 spiro atoms. The molecule has 0 bridgehead atoms. The van der Waals surface area contributed by atoms with Crippen molar-refractivity contribution in [3.63, 3.8) is 0 Å². The molecule has 0 unspecified atom stereocenters. The molecule has 0 fully saturated rings. The second-order valence-electron chi connectivity index (χ2n) is 2.93. The fraction of sp³-hybridized carbons (Fsp3) is 0.167. The molecular weight excluding hydrogens is 158 g/mol. The van der Waals surface area contributed by atoms with Crippen LogP contribution in [0.15, 0.2) is 37.9 Å². The third kappa shape index (κ3) is 1.64. The molecule has 68 valence electrons. The van der Waals surface area contributed by atoms with Crippen molar-refractivity contribution >= 4 is 5.70 Å². The van der Waals surface area contributed by atoms with Crippen LogP contribution >= 0.6 is 0 Å². The van der Waals surface area contributed by atoms with Crippen LogP contribution in [0.3, 0.4) is 0 Å². The summed E-state index contributed by atoms with van der Waals surface area (Å²) < 4.78 is 0. The van der Waals surface area contributed by atoms with E-state index in [0.29, 0.717) is 0 Å². The maximum atomic E-state index is 3.93. The van der Waals surface area contributed by atoms with Crippen molar-refractivity contribution in [1.82, 2.24) is 5.32 Å². The van der Waals surface area contributed by atoms with E-state index < -0.39 is 0 Å². The van der Waals surface area contributed by atoms with Gasteiger partial charge in [-0.25, -0.2) is 0 Å². The van der Waals surface area contributed by atoms with Crippen LogP contribution in [-0.4, -0.2) is 0 Å². The van der Waals surface area contributed by atoms with Crippen molar-refractivity contribution in [3.8, 4) is 0 Å². The topological polar surface area (TPSA) is 12.0 Å². The maximum Gasteiger partial charge on any atom is 0.0410 e. The van der Waals surface area contributed by atoms with Gasteiger partial charge in [0.05, 0.1) is 0 Å². The Kier molecular flexibility index (Phi) is 2.91. The van der Waals surface area contributed by atoms with E-state index in [1.54, 1.807) is 0 Å². The average molecular weight is 173 g/mol. The molecular formula is C12H15N. The van der Waals surface area contributed by atoms with Crippen LogP contribution in [0.5, 0.6) is 0 Å². The van der Waals surface area contributed by atoms with Crippen LogP contribution in [0, 0.1) is 6.92 Å². The largest absolute Gasteiger partial charge is 0.381 e. The number of hydrogen-bond acceptors (Lipinski definition) is 1. The van der Waals surface area contributed by atoms with Gasteiger partial charge in [0.25, 0.3) is 0 Å². The van der Waals surface area contributed by atoms with Crippen LogP contribution < -0.4 is 5.32 Å². The van der Waals surface area contributed by atoms with Crippen molar-refractivity contribution in [1.29, 1.82) is 0 Å². The molecule has 1 aromatic rings. The number of nitrogens with one attached hydrogen (secondary N) is 1. The van der Waals surface area contributed by atoms with Gasteiger partial charge in [0.1, 0.15) is 0 Å². The lowest BCUT2D eigenvalue weighted by Crippen LogP contribution is -1.98. The second kappa shape index (κ2) is 3.94. The van der Waals surface area contributed by atoms with E-state index in [2.05, 4.69) is 50.2 Å². The summed E-state index contributed by atoms with van der Waals surface area (Å²) in [5, 5.41) is 3.23. The van der Waals surface area contributed by atoms with E-state index in [9.17, 15) is 0 Å². The Bertz CT molecular complexity index is 326. The van der Waals surface area contributed by atoms with Gasteiger partial charge >= 0.3 is 0 Å². The van der Waals surface area contributed by atoms with Crippen molar-refractivity contribution < 1.29 is 0 Å². The molecule has 13 heavy (non-hydrogen) atoms. The van der Waals surface area contributed by atoms with Crippen LogP contribution in [0.4, 0.5) is 0 Å². The van der Waals surface area contributed by atoms with Gasteiger partial charge in [-0.3, -0.25) is 0 Å². The lowest BCUT2D eigenvalue weighted by Gasteiger charge is -1.99. The first kappa shape index (κ1) is 9.59. The third-order valence-corrected chi connectivity index (χ3v) is 2.21. The van der Waals surface area contributed by atoms with Gasteiger partial charge in [-0.2, -0.15) is 0 Å². The predicted molar refractivity (Wildman–Crippen MR) is 58.3 cm³/mol. The van der Waals surface area contributed by atoms with E-state index in [4.69, 9.17) is 0 Å². The minimum atomic E-state index is 0.945. The number of fused-ring (bicyclic) bond motifs is 1. The molecule has 1 aliphatic heterocycles. The summed E-state index contributed by atoms with van der Waals surface area (Å²) in [6.07, 6.45) is 0. The zero-order chi connectivity index (χ0) is 9.84. The minimum Gasteiger partial charge on any atom is -0.381 e. The monoisotopic (exact) mass is 173 g/mol. The quantitative estimate of drug-likeness (QED) is 0.595. The van der Waals surface area contributed by atoms with E-state index in [-0.39, 0.29) is 0 Å². The molecule has 2 rings (SSSR count). The number of benzene rings is 1. The van der Waals surface area contributed by atoms with Crippen LogP contribution in [0.25, 0.3) is 5.70 Å². The second-order valence-corrected chi connectivity index (χ2v) is 2.93. The Morgan fingerprint density at radius 2 is 2.00 bits per heavy atom. The first-order valence-corrected chi connectivity index (χ1v) is 4.30. The van der Waals surface area contributed by atoms with Crippen molar-refractivity contribution in [2.24, 2.45) is 0 Å². The summed E-state index contributed by atoms with van der Waals surface area (Å²) in [5.41, 5.74) is 5.10. The number of rotatable bonds is 0. The van der Waals surface area contributed by atoms with Crippen molar-refractivity contribution in [3.05, 3.63) is 54.6 Å². The summed E-state index contributed by atoms with van der Waals surface area (Å²) >= 11 is 0.